The summed E-state index contributed by atoms with van der Waals surface area (Å²) in [5.74, 6) is 2.78. The molecular weight excluding hydrogens is 167 g/mol. The van der Waals surface area contributed by atoms with Crippen molar-refractivity contribution in [1.29, 1.82) is 0 Å². The van der Waals surface area contributed by atoms with Crippen molar-refractivity contribution in [2.75, 3.05) is 0 Å². The van der Waals surface area contributed by atoms with Gasteiger partial charge in [0.1, 0.15) is 5.82 Å². The highest BCUT2D eigenvalue weighted by atomic mass is 31.0. The van der Waals surface area contributed by atoms with Gasteiger partial charge in [-0.25, -0.2) is 4.98 Å². The zero-order chi connectivity index (χ0) is 8.39. The molecule has 0 bridgehead atoms. The van der Waals surface area contributed by atoms with Crippen LogP contribution in [0.3, 0.4) is 0 Å². The SMILES string of the molecule is P/C=C/c1nc2ccccc2[nH]1. The highest BCUT2D eigenvalue weighted by molar-refractivity contribution is 7.21. The molecule has 0 radical (unpaired) electrons. The van der Waals surface area contributed by atoms with Crippen LogP contribution < -0.4 is 0 Å². The van der Waals surface area contributed by atoms with Gasteiger partial charge in [-0.05, 0) is 18.2 Å². The van der Waals surface area contributed by atoms with Gasteiger partial charge in [0.15, 0.2) is 0 Å². The van der Waals surface area contributed by atoms with Gasteiger partial charge in [0.2, 0.25) is 0 Å². The summed E-state index contributed by atoms with van der Waals surface area (Å²) in [4.78, 5) is 7.53. The van der Waals surface area contributed by atoms with Crippen molar-refractivity contribution in [1.82, 2.24) is 9.97 Å². The Morgan fingerprint density at radius 3 is 2.92 bits per heavy atom. The lowest BCUT2D eigenvalue weighted by Crippen LogP contribution is -1.70. The third kappa shape index (κ3) is 1.26. The Labute approximate surface area is 72.9 Å². The normalized spacial score (nSPS) is 11.4. The number of hydrogen-bond acceptors (Lipinski definition) is 1. The average molecular weight is 176 g/mol. The minimum Gasteiger partial charge on any atom is -0.338 e. The third-order valence-electron chi connectivity index (χ3n) is 1.66. The molecule has 1 heterocycles. The largest absolute Gasteiger partial charge is 0.338 e. The molecule has 0 aliphatic carbocycles. The fourth-order valence-electron chi connectivity index (χ4n) is 1.14. The third-order valence-corrected chi connectivity index (χ3v) is 1.85. The number of nitrogens with one attached hydrogen (secondary N) is 1. The van der Waals surface area contributed by atoms with Gasteiger partial charge in [-0.3, -0.25) is 0 Å². The summed E-state index contributed by atoms with van der Waals surface area (Å²) in [5.41, 5.74) is 2.09. The van der Waals surface area contributed by atoms with Crippen molar-refractivity contribution in [3.63, 3.8) is 0 Å². The molecule has 0 saturated carbocycles. The van der Waals surface area contributed by atoms with Crippen LogP contribution in [0.2, 0.25) is 0 Å². The van der Waals surface area contributed by atoms with Crippen molar-refractivity contribution in [2.24, 2.45) is 0 Å². The Kier molecular flexibility index (Phi) is 1.92. The number of fused-ring (bicyclic) bond motifs is 1. The Morgan fingerprint density at radius 2 is 2.17 bits per heavy atom. The van der Waals surface area contributed by atoms with Crippen LogP contribution in [0.5, 0.6) is 0 Å². The number of aromatic nitrogens is 2. The molecule has 60 valence electrons. The van der Waals surface area contributed by atoms with Crippen molar-refractivity contribution < 1.29 is 0 Å². The first kappa shape index (κ1) is 7.51. The standard InChI is InChI=1S/C9H9N2P/c12-6-5-9-10-7-3-1-2-4-8(7)11-9/h1-6H,12H2,(H,10,11)/b6-5+. The zero-order valence-electron chi connectivity index (χ0n) is 6.49. The van der Waals surface area contributed by atoms with Crippen molar-refractivity contribution in [2.45, 2.75) is 0 Å². The maximum absolute atomic E-state index is 4.35. The fraction of sp³-hybridized carbons (Fsp3) is 0. The molecule has 1 N–H and O–H groups in total. The van der Waals surface area contributed by atoms with Crippen LogP contribution in [0.15, 0.2) is 30.1 Å². The molecule has 1 aromatic heterocycles. The smallest absolute Gasteiger partial charge is 0.131 e. The summed E-state index contributed by atoms with van der Waals surface area (Å²) in [7, 11) is 2.52. The predicted molar refractivity (Wildman–Crippen MR) is 54.8 cm³/mol. The predicted octanol–water partition coefficient (Wildman–Crippen LogP) is 2.41. The number of para-hydroxylation sites is 2. The number of nitrogens with zero attached hydrogens (tertiary/aromatic N) is 1. The summed E-state index contributed by atoms with van der Waals surface area (Å²) >= 11 is 0. The van der Waals surface area contributed by atoms with E-state index in [0.29, 0.717) is 0 Å². The van der Waals surface area contributed by atoms with Gasteiger partial charge in [-0.2, -0.15) is 0 Å². The highest BCUT2D eigenvalue weighted by Crippen LogP contribution is 2.11. The van der Waals surface area contributed by atoms with E-state index in [0.717, 1.165) is 16.9 Å². The van der Waals surface area contributed by atoms with E-state index in [-0.39, 0.29) is 0 Å². The number of H-pyrrole nitrogens is 1. The second-order valence-electron chi connectivity index (χ2n) is 2.50. The van der Waals surface area contributed by atoms with E-state index in [4.69, 9.17) is 0 Å². The van der Waals surface area contributed by atoms with E-state index in [1.807, 2.05) is 36.2 Å². The topological polar surface area (TPSA) is 28.7 Å². The summed E-state index contributed by atoms with van der Waals surface area (Å²) < 4.78 is 0. The molecule has 0 spiro atoms. The molecule has 2 rings (SSSR count). The van der Waals surface area contributed by atoms with Crippen molar-refractivity contribution in [3.8, 4) is 0 Å². The monoisotopic (exact) mass is 176 g/mol. The Bertz CT molecular complexity index is 384. The maximum atomic E-state index is 4.35. The van der Waals surface area contributed by atoms with Gasteiger partial charge in [-0.15, -0.1) is 9.24 Å². The molecule has 0 saturated heterocycles. The van der Waals surface area contributed by atoms with E-state index in [2.05, 4.69) is 19.2 Å². The Balaban J connectivity index is 2.62. The molecule has 0 fully saturated rings. The van der Waals surface area contributed by atoms with Crippen LogP contribution >= 0.6 is 9.24 Å². The second kappa shape index (κ2) is 3.08. The summed E-state index contributed by atoms with van der Waals surface area (Å²) in [5, 5.41) is 0. The highest BCUT2D eigenvalue weighted by Gasteiger charge is 1.96. The molecule has 1 aromatic carbocycles. The minimum absolute atomic E-state index is 0.895. The van der Waals surface area contributed by atoms with Gasteiger partial charge in [0, 0.05) is 0 Å². The molecule has 2 nitrogen and oxygen atoms in total. The molecule has 0 aliphatic rings. The average Bonchev–Trinajstić information content (AvgIpc) is 2.47. The van der Waals surface area contributed by atoms with Gasteiger partial charge in [-0.1, -0.05) is 17.9 Å². The van der Waals surface area contributed by atoms with Crippen LogP contribution in [-0.4, -0.2) is 9.97 Å². The van der Waals surface area contributed by atoms with E-state index in [1.165, 1.54) is 0 Å². The first-order valence-corrected chi connectivity index (χ1v) is 4.40. The van der Waals surface area contributed by atoms with E-state index in [9.17, 15) is 0 Å². The summed E-state index contributed by atoms with van der Waals surface area (Å²) in [6.45, 7) is 0. The molecule has 1 atom stereocenters. The number of rotatable bonds is 1. The lowest BCUT2D eigenvalue weighted by atomic mass is 10.3. The summed E-state index contributed by atoms with van der Waals surface area (Å²) in [6, 6.07) is 7.99. The van der Waals surface area contributed by atoms with Crippen molar-refractivity contribution >= 4 is 26.3 Å². The number of aromatic amines is 1. The molecule has 1 unspecified atom stereocenters. The van der Waals surface area contributed by atoms with E-state index < -0.39 is 0 Å². The molecule has 0 aliphatic heterocycles. The first-order chi connectivity index (χ1) is 5.90. The molecular formula is C9H9N2P. The first-order valence-electron chi connectivity index (χ1n) is 3.73. The fourth-order valence-corrected chi connectivity index (χ4v) is 1.32. The maximum Gasteiger partial charge on any atom is 0.131 e. The quantitative estimate of drug-likeness (QED) is 0.664. The molecule has 3 heteroatoms. The minimum atomic E-state index is 0.895. The Hall–Kier alpha value is -1.14. The van der Waals surface area contributed by atoms with Gasteiger partial charge >= 0.3 is 0 Å². The van der Waals surface area contributed by atoms with Crippen LogP contribution in [0.4, 0.5) is 0 Å². The van der Waals surface area contributed by atoms with Crippen molar-refractivity contribution in [3.05, 3.63) is 35.9 Å². The molecule has 2 aromatic rings. The number of imidazole rings is 1. The van der Waals surface area contributed by atoms with E-state index in [1.54, 1.807) is 0 Å². The van der Waals surface area contributed by atoms with Crippen LogP contribution in [0, 0.1) is 0 Å². The number of hydrogen-bond donors (Lipinski definition) is 1. The Morgan fingerprint density at radius 1 is 1.33 bits per heavy atom. The van der Waals surface area contributed by atoms with Crippen LogP contribution in [0.1, 0.15) is 5.82 Å². The van der Waals surface area contributed by atoms with Gasteiger partial charge < -0.3 is 4.98 Å². The summed E-state index contributed by atoms with van der Waals surface area (Å²) in [6.07, 6.45) is 1.92. The second-order valence-corrected chi connectivity index (χ2v) is 2.88. The van der Waals surface area contributed by atoms with E-state index >= 15 is 0 Å². The number of benzene rings is 1. The lowest BCUT2D eigenvalue weighted by molar-refractivity contribution is 1.29. The van der Waals surface area contributed by atoms with Crippen LogP contribution in [-0.2, 0) is 0 Å². The van der Waals surface area contributed by atoms with Crippen LogP contribution in [0.25, 0.3) is 17.1 Å². The van der Waals surface area contributed by atoms with Gasteiger partial charge in [0.05, 0.1) is 11.0 Å². The van der Waals surface area contributed by atoms with Gasteiger partial charge in [0.25, 0.3) is 0 Å². The molecule has 0 amide bonds. The lowest BCUT2D eigenvalue weighted by Gasteiger charge is -1.81. The molecule has 12 heavy (non-hydrogen) atoms. The zero-order valence-corrected chi connectivity index (χ0v) is 7.64.